The molecular formula is C13H17ClN2O4S. The van der Waals surface area contributed by atoms with E-state index in [4.69, 9.17) is 22.1 Å². The highest BCUT2D eigenvalue weighted by atomic mass is 35.5. The van der Waals surface area contributed by atoms with Crippen LogP contribution in [0.25, 0.3) is 0 Å². The lowest BCUT2D eigenvalue weighted by Gasteiger charge is -2.17. The maximum Gasteiger partial charge on any atom is 0.340 e. The maximum atomic E-state index is 12.0. The van der Waals surface area contributed by atoms with Gasteiger partial charge in [0.1, 0.15) is 0 Å². The van der Waals surface area contributed by atoms with Gasteiger partial charge in [0.25, 0.3) is 0 Å². The number of esters is 1. The highest BCUT2D eigenvalue weighted by Gasteiger charge is 2.29. The van der Waals surface area contributed by atoms with E-state index in [1.807, 2.05) is 0 Å². The molecule has 0 bridgehead atoms. The summed E-state index contributed by atoms with van der Waals surface area (Å²) in [6, 6.07) is 2.70. The number of nitrogens with two attached hydrogens (primary N) is 1. The van der Waals surface area contributed by atoms with Gasteiger partial charge >= 0.3 is 5.97 Å². The lowest BCUT2D eigenvalue weighted by atomic mass is 10.1. The van der Waals surface area contributed by atoms with E-state index in [9.17, 15) is 13.2 Å². The van der Waals surface area contributed by atoms with Crippen LogP contribution in [-0.2, 0) is 14.6 Å². The molecule has 0 spiro atoms. The fourth-order valence-electron chi connectivity index (χ4n) is 2.26. The number of hydrogen-bond donors (Lipinski definition) is 2. The Hall–Kier alpha value is -1.47. The first-order chi connectivity index (χ1) is 9.82. The molecule has 6 nitrogen and oxygen atoms in total. The third kappa shape index (κ3) is 3.79. The van der Waals surface area contributed by atoms with E-state index >= 15 is 0 Å². The van der Waals surface area contributed by atoms with Crippen molar-refractivity contribution >= 4 is 38.8 Å². The predicted molar refractivity (Wildman–Crippen MR) is 82.5 cm³/mol. The molecule has 3 N–H and O–H groups in total. The second-order valence-corrected chi connectivity index (χ2v) is 7.53. The highest BCUT2D eigenvalue weighted by molar-refractivity contribution is 7.91. The van der Waals surface area contributed by atoms with Crippen LogP contribution in [0.5, 0.6) is 0 Å². The topological polar surface area (TPSA) is 98.5 Å². The fraction of sp³-hybridized carbons (Fsp3) is 0.462. The van der Waals surface area contributed by atoms with E-state index in [0.717, 1.165) is 0 Å². The largest absolute Gasteiger partial charge is 0.462 e. The second kappa shape index (κ2) is 6.11. The van der Waals surface area contributed by atoms with Gasteiger partial charge in [-0.25, -0.2) is 13.2 Å². The third-order valence-corrected chi connectivity index (χ3v) is 5.25. The fourth-order valence-corrected chi connectivity index (χ4v) is 4.21. The molecule has 8 heteroatoms. The van der Waals surface area contributed by atoms with E-state index in [1.54, 1.807) is 6.92 Å². The summed E-state index contributed by atoms with van der Waals surface area (Å²) in [5.41, 5.74) is 6.62. The van der Waals surface area contributed by atoms with Gasteiger partial charge in [0.2, 0.25) is 0 Å². The minimum absolute atomic E-state index is 0.0238. The molecular weight excluding hydrogens is 316 g/mol. The number of sulfone groups is 1. The number of ether oxygens (including phenoxy) is 1. The van der Waals surface area contributed by atoms with Crippen molar-refractivity contribution < 1.29 is 17.9 Å². The molecule has 1 heterocycles. The molecule has 0 aliphatic carbocycles. The van der Waals surface area contributed by atoms with Crippen LogP contribution in [0.1, 0.15) is 23.7 Å². The molecule has 0 saturated carbocycles. The molecule has 0 radical (unpaired) electrons. The van der Waals surface area contributed by atoms with Crippen molar-refractivity contribution in [3.8, 4) is 0 Å². The van der Waals surface area contributed by atoms with Gasteiger partial charge in [-0.15, -0.1) is 0 Å². The average molecular weight is 333 g/mol. The molecule has 2 rings (SSSR count). The summed E-state index contributed by atoms with van der Waals surface area (Å²) in [4.78, 5) is 12.0. The first kappa shape index (κ1) is 15.9. The number of nitrogen functional groups attached to an aromatic ring is 1. The number of carbonyl (C=O) groups excluding carboxylic acids is 1. The zero-order valence-electron chi connectivity index (χ0n) is 11.6. The van der Waals surface area contributed by atoms with Gasteiger partial charge in [0.05, 0.1) is 34.4 Å². The second-order valence-electron chi connectivity index (χ2n) is 4.89. The van der Waals surface area contributed by atoms with Crippen molar-refractivity contribution in [2.45, 2.75) is 19.4 Å². The summed E-state index contributed by atoms with van der Waals surface area (Å²) in [7, 11) is -3.03. The van der Waals surface area contributed by atoms with E-state index in [2.05, 4.69) is 5.32 Å². The van der Waals surface area contributed by atoms with Gasteiger partial charge in [0, 0.05) is 11.7 Å². The molecule has 1 atom stereocenters. The van der Waals surface area contributed by atoms with Gasteiger partial charge in [-0.1, -0.05) is 11.6 Å². The summed E-state index contributed by atoms with van der Waals surface area (Å²) in [6.45, 7) is 1.92. The van der Waals surface area contributed by atoms with Crippen molar-refractivity contribution in [1.29, 1.82) is 0 Å². The van der Waals surface area contributed by atoms with Gasteiger partial charge in [0.15, 0.2) is 9.84 Å². The third-order valence-electron chi connectivity index (χ3n) is 3.19. The summed E-state index contributed by atoms with van der Waals surface area (Å²) >= 11 is 6.13. The zero-order valence-corrected chi connectivity index (χ0v) is 13.1. The Kier molecular flexibility index (Phi) is 4.63. The lowest BCUT2D eigenvalue weighted by molar-refractivity contribution is 0.0527. The Labute approximate surface area is 128 Å². The van der Waals surface area contributed by atoms with Crippen molar-refractivity contribution in [3.05, 3.63) is 22.7 Å². The van der Waals surface area contributed by atoms with Crippen LogP contribution in [0.4, 0.5) is 11.4 Å². The van der Waals surface area contributed by atoms with E-state index in [-0.39, 0.29) is 34.7 Å². The number of hydrogen-bond acceptors (Lipinski definition) is 6. The number of carbonyl (C=O) groups is 1. The van der Waals surface area contributed by atoms with Gasteiger partial charge in [-0.05, 0) is 25.5 Å². The minimum atomic E-state index is -3.03. The van der Waals surface area contributed by atoms with Crippen LogP contribution in [-0.4, -0.2) is 38.5 Å². The van der Waals surface area contributed by atoms with Gasteiger partial charge in [-0.2, -0.15) is 0 Å². The molecule has 1 aliphatic heterocycles. The van der Waals surface area contributed by atoms with Crippen molar-refractivity contribution in [1.82, 2.24) is 0 Å². The number of rotatable bonds is 4. The molecule has 0 amide bonds. The molecule has 1 aromatic carbocycles. The first-order valence-electron chi connectivity index (χ1n) is 6.55. The van der Waals surface area contributed by atoms with Crippen molar-refractivity contribution in [2.75, 3.05) is 29.2 Å². The zero-order chi connectivity index (χ0) is 15.6. The summed E-state index contributed by atoms with van der Waals surface area (Å²) in [6.07, 6.45) is 0.477. The van der Waals surface area contributed by atoms with Crippen LogP contribution in [0, 0.1) is 0 Å². The summed E-state index contributed by atoms with van der Waals surface area (Å²) in [5.74, 6) is -0.392. The normalized spacial score (nSPS) is 20.2. The number of nitrogens with one attached hydrogen (secondary N) is 1. The SMILES string of the molecule is CCOC(=O)c1cc(N)cc(Cl)c1NC1CCS(=O)(=O)C1. The number of halogens is 1. The van der Waals surface area contributed by atoms with Crippen LogP contribution in [0.2, 0.25) is 5.02 Å². The van der Waals surface area contributed by atoms with Crippen LogP contribution < -0.4 is 11.1 Å². The van der Waals surface area contributed by atoms with Crippen LogP contribution in [0.15, 0.2) is 12.1 Å². The van der Waals surface area contributed by atoms with E-state index in [1.165, 1.54) is 12.1 Å². The molecule has 1 fully saturated rings. The Bertz CT molecular complexity index is 660. The van der Waals surface area contributed by atoms with Crippen LogP contribution in [0.3, 0.4) is 0 Å². The van der Waals surface area contributed by atoms with Gasteiger partial charge < -0.3 is 15.8 Å². The highest BCUT2D eigenvalue weighted by Crippen LogP contribution is 2.31. The standard InChI is InChI=1S/C13H17ClN2O4S/c1-2-20-13(17)10-5-8(15)6-11(14)12(10)16-9-3-4-21(18,19)7-9/h5-6,9,16H,2-4,7,15H2,1H3. The van der Waals surface area contributed by atoms with Crippen LogP contribution >= 0.6 is 11.6 Å². The first-order valence-corrected chi connectivity index (χ1v) is 8.75. The minimum Gasteiger partial charge on any atom is -0.462 e. The predicted octanol–water partition coefficient (Wildman–Crippen LogP) is 1.70. The molecule has 1 aromatic rings. The Morgan fingerprint density at radius 2 is 2.24 bits per heavy atom. The van der Waals surface area contributed by atoms with E-state index < -0.39 is 15.8 Å². The molecule has 1 aliphatic rings. The summed E-state index contributed by atoms with van der Waals surface area (Å²) < 4.78 is 28.0. The van der Waals surface area contributed by atoms with Crippen molar-refractivity contribution in [2.24, 2.45) is 0 Å². The Balaban J connectivity index is 2.31. The Morgan fingerprint density at radius 3 is 2.81 bits per heavy atom. The van der Waals surface area contributed by atoms with Gasteiger partial charge in [-0.3, -0.25) is 0 Å². The number of anilines is 2. The molecule has 1 unspecified atom stereocenters. The maximum absolute atomic E-state index is 12.0. The quantitative estimate of drug-likeness (QED) is 0.643. The lowest BCUT2D eigenvalue weighted by Crippen LogP contribution is -2.23. The van der Waals surface area contributed by atoms with E-state index in [0.29, 0.717) is 17.8 Å². The smallest absolute Gasteiger partial charge is 0.340 e. The molecule has 0 aromatic heterocycles. The molecule has 21 heavy (non-hydrogen) atoms. The Morgan fingerprint density at radius 1 is 1.52 bits per heavy atom. The average Bonchev–Trinajstić information content (AvgIpc) is 2.72. The van der Waals surface area contributed by atoms with Crippen molar-refractivity contribution in [3.63, 3.8) is 0 Å². The summed E-state index contributed by atoms with van der Waals surface area (Å²) in [5, 5.41) is 3.30. The molecule has 116 valence electrons. The molecule has 1 saturated heterocycles. The number of benzene rings is 1. The monoisotopic (exact) mass is 332 g/mol.